The Morgan fingerprint density at radius 1 is 1.08 bits per heavy atom. The fourth-order valence-corrected chi connectivity index (χ4v) is 4.40. The van der Waals surface area contributed by atoms with Crippen molar-refractivity contribution in [3.63, 3.8) is 0 Å². The smallest absolute Gasteiger partial charge is 0.240 e. The Balaban J connectivity index is 1.65. The Hall–Kier alpha value is -2.18. The van der Waals surface area contributed by atoms with Crippen molar-refractivity contribution in [3.8, 4) is 0 Å². The van der Waals surface area contributed by atoms with Gasteiger partial charge in [-0.1, -0.05) is 29.8 Å². The lowest BCUT2D eigenvalue weighted by Gasteiger charge is -2.11. The monoisotopic (exact) mass is 357 g/mol. The quantitative estimate of drug-likeness (QED) is 0.688. The lowest BCUT2D eigenvalue weighted by atomic mass is 10.2. The van der Waals surface area contributed by atoms with E-state index in [1.54, 1.807) is 6.07 Å². The maximum absolute atomic E-state index is 12.5. The maximum atomic E-state index is 12.5. The van der Waals surface area contributed by atoms with E-state index in [-0.39, 0.29) is 0 Å². The second kappa shape index (κ2) is 6.98. The minimum absolute atomic E-state index is 0.349. The first-order chi connectivity index (χ1) is 11.9. The highest BCUT2D eigenvalue weighted by Crippen LogP contribution is 2.17. The molecule has 6 heteroatoms. The van der Waals surface area contributed by atoms with E-state index in [0.717, 1.165) is 34.5 Å². The second-order valence-electron chi connectivity index (χ2n) is 6.32. The van der Waals surface area contributed by atoms with Gasteiger partial charge in [-0.25, -0.2) is 18.1 Å². The number of sulfonamides is 1. The summed E-state index contributed by atoms with van der Waals surface area (Å²) in [4.78, 5) is 4.88. The van der Waals surface area contributed by atoms with Crippen molar-refractivity contribution in [1.29, 1.82) is 0 Å². The summed E-state index contributed by atoms with van der Waals surface area (Å²) in [6.45, 7) is 6.86. The number of hydrogen-bond acceptors (Lipinski definition) is 3. The van der Waals surface area contributed by atoms with Crippen molar-refractivity contribution in [2.45, 2.75) is 38.6 Å². The van der Waals surface area contributed by atoms with Crippen LogP contribution < -0.4 is 4.72 Å². The predicted molar refractivity (Wildman–Crippen MR) is 100 cm³/mol. The molecule has 0 atom stereocenters. The predicted octanol–water partition coefficient (Wildman–Crippen LogP) is 3.33. The van der Waals surface area contributed by atoms with Crippen LogP contribution in [0.5, 0.6) is 0 Å². The van der Waals surface area contributed by atoms with Gasteiger partial charge in [0.2, 0.25) is 10.0 Å². The summed E-state index contributed by atoms with van der Waals surface area (Å²) < 4.78 is 29.8. The van der Waals surface area contributed by atoms with E-state index in [2.05, 4.69) is 14.3 Å². The summed E-state index contributed by atoms with van der Waals surface area (Å²) in [5, 5.41) is 0. The topological polar surface area (TPSA) is 64.0 Å². The molecule has 3 aromatic rings. The summed E-state index contributed by atoms with van der Waals surface area (Å²) in [5.74, 6) is 0.943. The first-order valence-corrected chi connectivity index (χ1v) is 9.85. The Kier molecular flexibility index (Phi) is 4.92. The molecule has 3 rings (SSSR count). The van der Waals surface area contributed by atoms with Crippen LogP contribution >= 0.6 is 0 Å². The number of hydrogen-bond donors (Lipinski definition) is 1. The highest BCUT2D eigenvalue weighted by molar-refractivity contribution is 7.89. The van der Waals surface area contributed by atoms with Gasteiger partial charge in [0.1, 0.15) is 5.82 Å². The van der Waals surface area contributed by atoms with E-state index in [0.29, 0.717) is 17.9 Å². The molecule has 0 fully saturated rings. The molecule has 0 aliphatic rings. The van der Waals surface area contributed by atoms with E-state index in [1.807, 2.05) is 57.2 Å². The molecular formula is C19H23N3O2S. The first kappa shape index (κ1) is 17.6. The van der Waals surface area contributed by atoms with Gasteiger partial charge in [0, 0.05) is 13.1 Å². The molecule has 0 radical (unpaired) electrons. The van der Waals surface area contributed by atoms with E-state index in [1.165, 1.54) is 0 Å². The lowest BCUT2D eigenvalue weighted by molar-refractivity contribution is 0.569. The van der Waals surface area contributed by atoms with Crippen LogP contribution in [0.4, 0.5) is 0 Å². The highest BCUT2D eigenvalue weighted by atomic mass is 32.2. The van der Waals surface area contributed by atoms with Gasteiger partial charge in [-0.2, -0.15) is 0 Å². The zero-order valence-electron chi connectivity index (χ0n) is 14.8. The summed E-state index contributed by atoms with van der Waals surface area (Å²) in [6.07, 6.45) is 0.700. The Morgan fingerprint density at radius 3 is 2.60 bits per heavy atom. The third-order valence-electron chi connectivity index (χ3n) is 4.32. The van der Waals surface area contributed by atoms with Gasteiger partial charge in [-0.3, -0.25) is 0 Å². The van der Waals surface area contributed by atoms with Crippen LogP contribution in [-0.4, -0.2) is 24.5 Å². The molecule has 0 saturated carbocycles. The van der Waals surface area contributed by atoms with Crippen LogP contribution in [0, 0.1) is 20.8 Å². The van der Waals surface area contributed by atoms with E-state index < -0.39 is 10.0 Å². The lowest BCUT2D eigenvalue weighted by Crippen LogP contribution is -2.26. The molecule has 132 valence electrons. The summed E-state index contributed by atoms with van der Waals surface area (Å²) in [7, 11) is -3.48. The van der Waals surface area contributed by atoms with Gasteiger partial charge in [-0.15, -0.1) is 0 Å². The van der Waals surface area contributed by atoms with Crippen molar-refractivity contribution < 1.29 is 8.42 Å². The van der Waals surface area contributed by atoms with Crippen LogP contribution in [0.25, 0.3) is 11.0 Å². The Labute approximate surface area is 148 Å². The molecule has 5 nitrogen and oxygen atoms in total. The molecule has 25 heavy (non-hydrogen) atoms. The van der Waals surface area contributed by atoms with Crippen LogP contribution in [0.15, 0.2) is 47.4 Å². The molecule has 0 aliphatic heterocycles. The fourth-order valence-electron chi connectivity index (χ4n) is 3.10. The SMILES string of the molecule is Cc1ccc(S(=O)(=O)NCCCn2c(C)nc3ccccc32)c(C)c1. The molecule has 0 saturated heterocycles. The number of imidazole rings is 1. The van der Waals surface area contributed by atoms with Crippen molar-refractivity contribution in [2.75, 3.05) is 6.54 Å². The molecule has 0 amide bonds. The van der Waals surface area contributed by atoms with Crippen LogP contribution in [0.3, 0.4) is 0 Å². The molecule has 1 heterocycles. The molecular weight excluding hydrogens is 334 g/mol. The third kappa shape index (κ3) is 3.75. The van der Waals surface area contributed by atoms with Crippen molar-refractivity contribution in [1.82, 2.24) is 14.3 Å². The maximum Gasteiger partial charge on any atom is 0.240 e. The number of nitrogens with one attached hydrogen (secondary N) is 1. The standard InChI is InChI=1S/C19H23N3O2S/c1-14-9-10-19(15(2)13-14)25(23,24)20-11-6-12-22-16(3)21-17-7-4-5-8-18(17)22/h4-5,7-10,13,20H,6,11-12H2,1-3H3. The molecule has 0 aliphatic carbocycles. The number of benzene rings is 2. The van der Waals surface area contributed by atoms with Crippen LogP contribution in [0.2, 0.25) is 0 Å². The van der Waals surface area contributed by atoms with Gasteiger partial charge in [0.15, 0.2) is 0 Å². The zero-order valence-corrected chi connectivity index (χ0v) is 15.6. The number of aromatic nitrogens is 2. The second-order valence-corrected chi connectivity index (χ2v) is 8.06. The van der Waals surface area contributed by atoms with Gasteiger partial charge in [0.25, 0.3) is 0 Å². The number of rotatable bonds is 6. The number of aryl methyl sites for hydroxylation is 4. The summed E-state index contributed by atoms with van der Waals surface area (Å²) in [6, 6.07) is 13.4. The summed E-state index contributed by atoms with van der Waals surface area (Å²) in [5.41, 5.74) is 3.87. The average Bonchev–Trinajstić information content (AvgIpc) is 2.86. The van der Waals surface area contributed by atoms with Crippen molar-refractivity contribution in [2.24, 2.45) is 0 Å². The minimum atomic E-state index is -3.48. The third-order valence-corrected chi connectivity index (χ3v) is 5.94. The van der Waals surface area contributed by atoms with Crippen molar-refractivity contribution >= 4 is 21.1 Å². The van der Waals surface area contributed by atoms with Gasteiger partial charge >= 0.3 is 0 Å². The molecule has 1 aromatic heterocycles. The summed E-state index contributed by atoms with van der Waals surface area (Å²) >= 11 is 0. The zero-order chi connectivity index (χ0) is 18.0. The van der Waals surface area contributed by atoms with Gasteiger partial charge in [0.05, 0.1) is 15.9 Å². The normalized spacial score (nSPS) is 12.0. The van der Waals surface area contributed by atoms with Crippen molar-refractivity contribution in [3.05, 3.63) is 59.4 Å². The number of para-hydroxylation sites is 2. The Morgan fingerprint density at radius 2 is 1.84 bits per heavy atom. The van der Waals surface area contributed by atoms with E-state index in [9.17, 15) is 8.42 Å². The average molecular weight is 357 g/mol. The fraction of sp³-hybridized carbons (Fsp3) is 0.316. The highest BCUT2D eigenvalue weighted by Gasteiger charge is 2.16. The first-order valence-electron chi connectivity index (χ1n) is 8.37. The van der Waals surface area contributed by atoms with Gasteiger partial charge < -0.3 is 4.57 Å². The largest absolute Gasteiger partial charge is 0.328 e. The van der Waals surface area contributed by atoms with E-state index in [4.69, 9.17) is 0 Å². The van der Waals surface area contributed by atoms with Crippen LogP contribution in [0.1, 0.15) is 23.4 Å². The molecule has 1 N–H and O–H groups in total. The molecule has 0 bridgehead atoms. The molecule has 0 spiro atoms. The Bertz CT molecular complexity index is 1010. The molecule has 2 aromatic carbocycles. The minimum Gasteiger partial charge on any atom is -0.328 e. The van der Waals surface area contributed by atoms with Crippen LogP contribution in [-0.2, 0) is 16.6 Å². The van der Waals surface area contributed by atoms with Gasteiger partial charge in [-0.05, 0) is 51.0 Å². The number of fused-ring (bicyclic) bond motifs is 1. The molecule has 0 unspecified atom stereocenters. The van der Waals surface area contributed by atoms with E-state index >= 15 is 0 Å². The number of nitrogens with zero attached hydrogens (tertiary/aromatic N) is 2.